The second-order valence-electron chi connectivity index (χ2n) is 5.06. The minimum Gasteiger partial charge on any atom is -0.339 e. The van der Waals surface area contributed by atoms with Gasteiger partial charge in [-0.3, -0.25) is 4.98 Å². The van der Waals surface area contributed by atoms with Crippen molar-refractivity contribution in [3.8, 4) is 22.6 Å². The lowest BCUT2D eigenvalue weighted by Gasteiger charge is -1.95. The Kier molecular flexibility index (Phi) is 3.84. The number of rotatable bonds is 4. The molecule has 0 N–H and O–H groups in total. The summed E-state index contributed by atoms with van der Waals surface area (Å²) in [6.45, 7) is 0. The van der Waals surface area contributed by atoms with Crippen molar-refractivity contribution in [3.63, 3.8) is 0 Å². The van der Waals surface area contributed by atoms with Crippen molar-refractivity contribution < 1.29 is 8.91 Å². The van der Waals surface area contributed by atoms with E-state index in [2.05, 4.69) is 20.1 Å². The SMILES string of the molecule is Fc1ccc(-c2csc(Cc3nc(-c4ccncc4)no3)n2)cc1. The summed E-state index contributed by atoms with van der Waals surface area (Å²) >= 11 is 1.51. The van der Waals surface area contributed by atoms with E-state index in [4.69, 9.17) is 4.52 Å². The third kappa shape index (κ3) is 3.07. The molecule has 4 rings (SSSR count). The molecule has 0 saturated carbocycles. The van der Waals surface area contributed by atoms with E-state index in [0.29, 0.717) is 18.1 Å². The van der Waals surface area contributed by atoms with Crippen LogP contribution >= 0.6 is 11.3 Å². The van der Waals surface area contributed by atoms with Gasteiger partial charge in [0.25, 0.3) is 0 Å². The molecule has 0 atom stereocenters. The summed E-state index contributed by atoms with van der Waals surface area (Å²) in [5, 5.41) is 6.77. The van der Waals surface area contributed by atoms with E-state index in [1.165, 1.54) is 23.5 Å². The third-order valence-electron chi connectivity index (χ3n) is 3.40. The summed E-state index contributed by atoms with van der Waals surface area (Å²) in [6, 6.07) is 9.92. The molecule has 0 aliphatic rings. The molecule has 118 valence electrons. The summed E-state index contributed by atoms with van der Waals surface area (Å²) in [5.41, 5.74) is 2.54. The summed E-state index contributed by atoms with van der Waals surface area (Å²) in [5.74, 6) is 0.772. The van der Waals surface area contributed by atoms with Crippen molar-refractivity contribution >= 4 is 11.3 Å². The zero-order valence-electron chi connectivity index (χ0n) is 12.4. The molecule has 0 amide bonds. The Morgan fingerprint density at radius 3 is 2.54 bits per heavy atom. The van der Waals surface area contributed by atoms with Gasteiger partial charge in [-0.2, -0.15) is 4.98 Å². The van der Waals surface area contributed by atoms with E-state index in [9.17, 15) is 4.39 Å². The quantitative estimate of drug-likeness (QED) is 0.563. The summed E-state index contributed by atoms with van der Waals surface area (Å²) in [6.07, 6.45) is 3.83. The molecule has 0 aliphatic carbocycles. The molecule has 5 nitrogen and oxygen atoms in total. The maximum Gasteiger partial charge on any atom is 0.233 e. The number of nitrogens with zero attached hydrogens (tertiary/aromatic N) is 4. The number of pyridine rings is 1. The monoisotopic (exact) mass is 338 g/mol. The highest BCUT2D eigenvalue weighted by Crippen LogP contribution is 2.24. The van der Waals surface area contributed by atoms with Crippen LogP contribution in [0.4, 0.5) is 4.39 Å². The Bertz CT molecular complexity index is 950. The summed E-state index contributed by atoms with van der Waals surface area (Å²) < 4.78 is 18.3. The van der Waals surface area contributed by atoms with E-state index >= 15 is 0 Å². The highest BCUT2D eigenvalue weighted by Gasteiger charge is 2.12. The Labute approximate surface area is 140 Å². The molecular weight excluding hydrogens is 327 g/mol. The topological polar surface area (TPSA) is 64.7 Å². The average molecular weight is 338 g/mol. The smallest absolute Gasteiger partial charge is 0.233 e. The Morgan fingerprint density at radius 2 is 1.75 bits per heavy atom. The maximum absolute atomic E-state index is 13.0. The lowest BCUT2D eigenvalue weighted by Crippen LogP contribution is -1.88. The number of aromatic nitrogens is 4. The number of thiazole rings is 1. The van der Waals surface area contributed by atoms with Gasteiger partial charge in [0.15, 0.2) is 0 Å². The van der Waals surface area contributed by atoms with Gasteiger partial charge in [-0.15, -0.1) is 11.3 Å². The average Bonchev–Trinajstić information content (AvgIpc) is 3.27. The number of halogens is 1. The third-order valence-corrected chi connectivity index (χ3v) is 4.25. The first-order valence-electron chi connectivity index (χ1n) is 7.21. The van der Waals surface area contributed by atoms with E-state index < -0.39 is 0 Å². The molecule has 0 fully saturated rings. The van der Waals surface area contributed by atoms with E-state index in [1.54, 1.807) is 24.5 Å². The van der Waals surface area contributed by atoms with E-state index in [-0.39, 0.29) is 5.82 Å². The molecule has 3 heterocycles. The van der Waals surface area contributed by atoms with Gasteiger partial charge in [-0.25, -0.2) is 9.37 Å². The summed E-state index contributed by atoms with van der Waals surface area (Å²) in [7, 11) is 0. The minimum atomic E-state index is -0.260. The van der Waals surface area contributed by atoms with Crippen molar-refractivity contribution in [1.82, 2.24) is 20.1 Å². The fourth-order valence-corrected chi connectivity index (χ4v) is 3.01. The minimum absolute atomic E-state index is 0.260. The molecule has 0 aliphatic heterocycles. The summed E-state index contributed by atoms with van der Waals surface area (Å²) in [4.78, 5) is 12.9. The van der Waals surface area contributed by atoms with Crippen LogP contribution in [-0.4, -0.2) is 20.1 Å². The van der Waals surface area contributed by atoms with Crippen molar-refractivity contribution in [1.29, 1.82) is 0 Å². The first kappa shape index (κ1) is 14.6. The molecular formula is C17H11FN4OS. The van der Waals surface area contributed by atoms with Crippen LogP contribution < -0.4 is 0 Å². The second-order valence-corrected chi connectivity index (χ2v) is 6.00. The molecule has 0 saturated heterocycles. The van der Waals surface area contributed by atoms with E-state index in [0.717, 1.165) is 21.8 Å². The number of hydrogen-bond donors (Lipinski definition) is 0. The molecule has 3 aromatic heterocycles. The Hall–Kier alpha value is -2.93. The lowest BCUT2D eigenvalue weighted by molar-refractivity contribution is 0.385. The van der Waals surface area contributed by atoms with Crippen LogP contribution in [0, 0.1) is 5.82 Å². The van der Waals surface area contributed by atoms with E-state index in [1.807, 2.05) is 17.5 Å². The number of benzene rings is 1. The molecule has 24 heavy (non-hydrogen) atoms. The second kappa shape index (κ2) is 6.29. The lowest BCUT2D eigenvalue weighted by atomic mass is 10.2. The van der Waals surface area contributed by atoms with Gasteiger partial charge in [-0.1, -0.05) is 5.16 Å². The number of hydrogen-bond acceptors (Lipinski definition) is 6. The van der Waals surface area contributed by atoms with Crippen LogP contribution in [0.25, 0.3) is 22.6 Å². The molecule has 7 heteroatoms. The van der Waals surface area contributed by atoms with Crippen molar-refractivity contribution in [2.75, 3.05) is 0 Å². The zero-order chi connectivity index (χ0) is 16.4. The van der Waals surface area contributed by atoms with Gasteiger partial charge >= 0.3 is 0 Å². The van der Waals surface area contributed by atoms with Crippen LogP contribution in [0.15, 0.2) is 58.7 Å². The normalized spacial score (nSPS) is 10.9. The van der Waals surface area contributed by atoms with Crippen molar-refractivity contribution in [2.45, 2.75) is 6.42 Å². The molecule has 0 bridgehead atoms. The molecule has 1 aromatic carbocycles. The largest absolute Gasteiger partial charge is 0.339 e. The van der Waals surface area contributed by atoms with Crippen molar-refractivity contribution in [2.24, 2.45) is 0 Å². The molecule has 0 radical (unpaired) electrons. The van der Waals surface area contributed by atoms with Gasteiger partial charge in [0.2, 0.25) is 11.7 Å². The van der Waals surface area contributed by atoms with Gasteiger partial charge in [0.1, 0.15) is 10.8 Å². The highest BCUT2D eigenvalue weighted by molar-refractivity contribution is 7.10. The Balaban J connectivity index is 1.52. The fraction of sp³-hybridized carbons (Fsp3) is 0.0588. The standard InChI is InChI=1S/C17H11FN4OS/c18-13-3-1-11(2-4-13)14-10-24-16(20-14)9-15-21-17(22-23-15)12-5-7-19-8-6-12/h1-8,10H,9H2. The van der Waals surface area contributed by atoms with Crippen LogP contribution in [0.5, 0.6) is 0 Å². The predicted molar refractivity (Wildman–Crippen MR) is 87.8 cm³/mol. The van der Waals surface area contributed by atoms with Gasteiger partial charge < -0.3 is 4.52 Å². The van der Waals surface area contributed by atoms with Crippen LogP contribution in [0.3, 0.4) is 0 Å². The fourth-order valence-electron chi connectivity index (χ4n) is 2.22. The predicted octanol–water partition coefficient (Wildman–Crippen LogP) is 3.99. The Morgan fingerprint density at radius 1 is 0.958 bits per heavy atom. The molecule has 4 aromatic rings. The maximum atomic E-state index is 13.0. The van der Waals surface area contributed by atoms with Crippen LogP contribution in [0.2, 0.25) is 0 Å². The highest BCUT2D eigenvalue weighted by atomic mass is 32.1. The van der Waals surface area contributed by atoms with Crippen LogP contribution in [-0.2, 0) is 6.42 Å². The van der Waals surface area contributed by atoms with Gasteiger partial charge in [-0.05, 0) is 36.4 Å². The van der Waals surface area contributed by atoms with Gasteiger partial charge in [0, 0.05) is 28.9 Å². The first-order chi connectivity index (χ1) is 11.8. The zero-order valence-corrected chi connectivity index (χ0v) is 13.2. The molecule has 0 unspecified atom stereocenters. The van der Waals surface area contributed by atoms with Crippen LogP contribution in [0.1, 0.15) is 10.9 Å². The first-order valence-corrected chi connectivity index (χ1v) is 8.09. The molecule has 0 spiro atoms. The van der Waals surface area contributed by atoms with Crippen molar-refractivity contribution in [3.05, 3.63) is 70.9 Å². The van der Waals surface area contributed by atoms with Gasteiger partial charge in [0.05, 0.1) is 12.1 Å².